The van der Waals surface area contributed by atoms with Gasteiger partial charge in [0.1, 0.15) is 6.29 Å². The van der Waals surface area contributed by atoms with E-state index in [2.05, 4.69) is 32.9 Å². The van der Waals surface area contributed by atoms with Gasteiger partial charge in [-0.15, -0.1) is 0 Å². The van der Waals surface area contributed by atoms with Gasteiger partial charge >= 0.3 is 0 Å². The molecule has 15 heavy (non-hydrogen) atoms. The van der Waals surface area contributed by atoms with Crippen LogP contribution in [0.15, 0.2) is 12.1 Å². The van der Waals surface area contributed by atoms with Crippen LogP contribution in [0.1, 0.15) is 54.2 Å². The SMILES string of the molecule is CC(C)(C)c1cc2c(cc1C=O)CCC2. The van der Waals surface area contributed by atoms with E-state index in [-0.39, 0.29) is 5.41 Å². The topological polar surface area (TPSA) is 17.1 Å². The van der Waals surface area contributed by atoms with E-state index in [1.807, 2.05) is 0 Å². The average molecular weight is 202 g/mol. The molecule has 1 aliphatic carbocycles. The van der Waals surface area contributed by atoms with Crippen molar-refractivity contribution >= 4 is 6.29 Å². The fourth-order valence-electron chi connectivity index (χ4n) is 2.39. The Morgan fingerprint density at radius 2 is 1.73 bits per heavy atom. The highest BCUT2D eigenvalue weighted by molar-refractivity contribution is 5.79. The molecule has 0 heterocycles. The average Bonchev–Trinajstić information content (AvgIpc) is 2.60. The number of hydrogen-bond donors (Lipinski definition) is 0. The first-order valence-corrected chi connectivity index (χ1v) is 5.64. The molecule has 0 bridgehead atoms. The smallest absolute Gasteiger partial charge is 0.150 e. The van der Waals surface area contributed by atoms with Crippen molar-refractivity contribution in [2.45, 2.75) is 45.4 Å². The number of rotatable bonds is 1. The standard InChI is InChI=1S/C14H18O/c1-14(2,3)13-8-11-6-4-5-10(11)7-12(13)9-15/h7-9H,4-6H2,1-3H3. The van der Waals surface area contributed by atoms with Crippen molar-refractivity contribution in [2.75, 3.05) is 0 Å². The molecule has 1 aromatic carbocycles. The molecule has 0 spiro atoms. The lowest BCUT2D eigenvalue weighted by Crippen LogP contribution is -2.14. The maximum absolute atomic E-state index is 11.1. The molecule has 0 aromatic heterocycles. The second-order valence-electron chi connectivity index (χ2n) is 5.43. The summed E-state index contributed by atoms with van der Waals surface area (Å²) in [6, 6.07) is 4.34. The van der Waals surface area contributed by atoms with Crippen LogP contribution in [0.5, 0.6) is 0 Å². The summed E-state index contributed by atoms with van der Waals surface area (Å²) in [6.45, 7) is 6.49. The highest BCUT2D eigenvalue weighted by atomic mass is 16.1. The molecule has 0 N–H and O–H groups in total. The Bertz CT molecular complexity index is 397. The molecule has 1 nitrogen and oxygen atoms in total. The Labute approximate surface area is 91.5 Å². The van der Waals surface area contributed by atoms with Crippen LogP contribution in [0, 0.1) is 0 Å². The van der Waals surface area contributed by atoms with Crippen LogP contribution in [0.25, 0.3) is 0 Å². The summed E-state index contributed by atoms with van der Waals surface area (Å²) in [4.78, 5) is 11.1. The van der Waals surface area contributed by atoms with E-state index in [0.717, 1.165) is 18.3 Å². The van der Waals surface area contributed by atoms with Crippen LogP contribution >= 0.6 is 0 Å². The van der Waals surface area contributed by atoms with Crippen molar-refractivity contribution < 1.29 is 4.79 Å². The Balaban J connectivity index is 2.59. The van der Waals surface area contributed by atoms with Gasteiger partial charge in [0, 0.05) is 5.56 Å². The summed E-state index contributed by atoms with van der Waals surface area (Å²) in [5, 5.41) is 0. The van der Waals surface area contributed by atoms with Gasteiger partial charge in [-0.1, -0.05) is 26.8 Å². The molecule has 0 aliphatic heterocycles. The second-order valence-corrected chi connectivity index (χ2v) is 5.43. The minimum absolute atomic E-state index is 0.0634. The van der Waals surface area contributed by atoms with E-state index in [4.69, 9.17) is 0 Å². The van der Waals surface area contributed by atoms with E-state index < -0.39 is 0 Å². The number of benzene rings is 1. The predicted octanol–water partition coefficient (Wildman–Crippen LogP) is 3.29. The third kappa shape index (κ3) is 1.83. The number of aryl methyl sites for hydroxylation is 2. The second kappa shape index (κ2) is 3.48. The van der Waals surface area contributed by atoms with E-state index >= 15 is 0 Å². The zero-order chi connectivity index (χ0) is 11.1. The van der Waals surface area contributed by atoms with Gasteiger partial charge in [-0.2, -0.15) is 0 Å². The Morgan fingerprint density at radius 1 is 1.13 bits per heavy atom. The number of carbonyl (C=O) groups is 1. The summed E-state index contributed by atoms with van der Waals surface area (Å²) in [5.41, 5.74) is 4.96. The lowest BCUT2D eigenvalue weighted by molar-refractivity contribution is 0.112. The van der Waals surface area contributed by atoms with Crippen molar-refractivity contribution in [1.29, 1.82) is 0 Å². The molecule has 0 saturated carbocycles. The van der Waals surface area contributed by atoms with Gasteiger partial charge in [0.2, 0.25) is 0 Å². The van der Waals surface area contributed by atoms with Gasteiger partial charge in [0.15, 0.2) is 0 Å². The van der Waals surface area contributed by atoms with Crippen LogP contribution in [-0.4, -0.2) is 6.29 Å². The third-order valence-electron chi connectivity index (χ3n) is 3.20. The van der Waals surface area contributed by atoms with Crippen molar-refractivity contribution in [1.82, 2.24) is 0 Å². The van der Waals surface area contributed by atoms with E-state index in [9.17, 15) is 4.79 Å². The molecule has 2 rings (SSSR count). The number of carbonyl (C=O) groups excluding carboxylic acids is 1. The number of fused-ring (bicyclic) bond motifs is 1. The number of aldehydes is 1. The van der Waals surface area contributed by atoms with E-state index in [1.165, 1.54) is 29.5 Å². The van der Waals surface area contributed by atoms with Crippen LogP contribution in [0.3, 0.4) is 0 Å². The lowest BCUT2D eigenvalue weighted by atomic mass is 9.82. The molecule has 0 amide bonds. The van der Waals surface area contributed by atoms with Crippen LogP contribution < -0.4 is 0 Å². The molecule has 0 fully saturated rings. The zero-order valence-corrected chi connectivity index (χ0v) is 9.76. The molecule has 1 heteroatoms. The molecular weight excluding hydrogens is 184 g/mol. The van der Waals surface area contributed by atoms with Crippen LogP contribution in [0.4, 0.5) is 0 Å². The Hall–Kier alpha value is -1.11. The maximum Gasteiger partial charge on any atom is 0.150 e. The van der Waals surface area contributed by atoms with Crippen molar-refractivity contribution in [3.63, 3.8) is 0 Å². The van der Waals surface area contributed by atoms with E-state index in [0.29, 0.717) is 0 Å². The minimum Gasteiger partial charge on any atom is -0.298 e. The summed E-state index contributed by atoms with van der Waals surface area (Å²) >= 11 is 0. The van der Waals surface area contributed by atoms with Crippen molar-refractivity contribution in [2.24, 2.45) is 0 Å². The molecule has 0 atom stereocenters. The van der Waals surface area contributed by atoms with Gasteiger partial charge in [0.05, 0.1) is 0 Å². The van der Waals surface area contributed by atoms with Gasteiger partial charge in [-0.3, -0.25) is 4.79 Å². The lowest BCUT2D eigenvalue weighted by Gasteiger charge is -2.22. The van der Waals surface area contributed by atoms with Crippen LogP contribution in [-0.2, 0) is 18.3 Å². The quantitative estimate of drug-likeness (QED) is 0.639. The van der Waals surface area contributed by atoms with Gasteiger partial charge in [-0.05, 0) is 47.4 Å². The first-order chi connectivity index (χ1) is 7.02. The molecule has 0 saturated heterocycles. The highest BCUT2D eigenvalue weighted by Gasteiger charge is 2.21. The predicted molar refractivity (Wildman–Crippen MR) is 62.6 cm³/mol. The zero-order valence-electron chi connectivity index (χ0n) is 9.76. The van der Waals surface area contributed by atoms with Gasteiger partial charge < -0.3 is 0 Å². The molecule has 1 aliphatic rings. The molecular formula is C14H18O. The first-order valence-electron chi connectivity index (χ1n) is 5.64. The monoisotopic (exact) mass is 202 g/mol. The molecule has 0 radical (unpaired) electrons. The fraction of sp³-hybridized carbons (Fsp3) is 0.500. The Morgan fingerprint density at radius 3 is 2.27 bits per heavy atom. The molecule has 1 aromatic rings. The van der Waals surface area contributed by atoms with Crippen molar-refractivity contribution in [3.8, 4) is 0 Å². The summed E-state index contributed by atoms with van der Waals surface area (Å²) in [6.07, 6.45) is 4.55. The normalized spacial score (nSPS) is 15.1. The maximum atomic E-state index is 11.1. The first kappa shape index (κ1) is 10.4. The van der Waals surface area contributed by atoms with Crippen molar-refractivity contribution in [3.05, 3.63) is 34.4 Å². The highest BCUT2D eigenvalue weighted by Crippen LogP contribution is 2.31. The summed E-state index contributed by atoms with van der Waals surface area (Å²) < 4.78 is 0. The fourth-order valence-corrected chi connectivity index (χ4v) is 2.39. The van der Waals surface area contributed by atoms with Gasteiger partial charge in [0.25, 0.3) is 0 Å². The summed E-state index contributed by atoms with van der Waals surface area (Å²) in [5.74, 6) is 0. The Kier molecular flexibility index (Phi) is 2.41. The minimum atomic E-state index is 0.0634. The summed E-state index contributed by atoms with van der Waals surface area (Å²) in [7, 11) is 0. The van der Waals surface area contributed by atoms with Crippen LogP contribution in [0.2, 0.25) is 0 Å². The third-order valence-corrected chi connectivity index (χ3v) is 3.20. The van der Waals surface area contributed by atoms with E-state index in [1.54, 1.807) is 0 Å². The van der Waals surface area contributed by atoms with Gasteiger partial charge in [-0.25, -0.2) is 0 Å². The molecule has 0 unspecified atom stereocenters. The molecule has 80 valence electrons. The largest absolute Gasteiger partial charge is 0.298 e. The number of hydrogen-bond acceptors (Lipinski definition) is 1.